The second kappa shape index (κ2) is 6.63. The van der Waals surface area contributed by atoms with Gasteiger partial charge in [-0.05, 0) is 36.0 Å². The minimum atomic E-state index is 0.0570. The number of carbonyl (C=O) groups is 1. The van der Waals surface area contributed by atoms with E-state index in [1.54, 1.807) is 11.0 Å². The maximum absolute atomic E-state index is 12.4. The molecule has 0 radical (unpaired) electrons. The monoisotopic (exact) mass is 356 g/mol. The molecule has 0 bridgehead atoms. The number of rotatable bonds is 5. The number of piperidine rings is 1. The number of amides is 1. The third-order valence-electron chi connectivity index (χ3n) is 5.35. The summed E-state index contributed by atoms with van der Waals surface area (Å²) in [7, 11) is 1.88. The quantitative estimate of drug-likeness (QED) is 0.819. The Morgan fingerprint density at radius 2 is 2.12 bits per heavy atom. The number of benzene rings is 1. The summed E-state index contributed by atoms with van der Waals surface area (Å²) in [5.41, 5.74) is 1.28. The number of fused-ring (bicyclic) bond motifs is 1. The summed E-state index contributed by atoms with van der Waals surface area (Å²) < 4.78 is 12.6. The van der Waals surface area contributed by atoms with Crippen molar-refractivity contribution in [2.24, 2.45) is 12.5 Å². The Hall–Kier alpha value is -2.57. The minimum Gasteiger partial charge on any atom is -0.454 e. The van der Waals surface area contributed by atoms with Crippen molar-refractivity contribution in [2.75, 3.05) is 19.9 Å². The lowest BCUT2D eigenvalue weighted by Gasteiger charge is -2.40. The number of aryl methyl sites for hydroxylation is 1. The zero-order valence-electron chi connectivity index (χ0n) is 15.3. The normalized spacial score (nSPS) is 22.1. The van der Waals surface area contributed by atoms with Gasteiger partial charge >= 0.3 is 0 Å². The van der Waals surface area contributed by atoms with Gasteiger partial charge in [-0.15, -0.1) is 0 Å². The zero-order chi connectivity index (χ0) is 18.1. The van der Waals surface area contributed by atoms with Crippen molar-refractivity contribution in [1.29, 1.82) is 0 Å². The number of ether oxygens (including phenoxy) is 2. The Labute approximate surface area is 152 Å². The SMILES string of the molecule is Cn1ncnc1CCN1C[C@@](C)(Cc2ccc3c(c2)OCO3)CCC1=O. The molecule has 1 atom stereocenters. The van der Waals surface area contributed by atoms with Crippen LogP contribution < -0.4 is 9.47 Å². The molecule has 1 aromatic heterocycles. The standard InChI is InChI=1S/C19H24N4O3/c1-19(10-14-3-4-15-16(9-14)26-13-25-15)7-5-18(24)23(11-19)8-6-17-20-12-21-22(17)2/h3-4,9,12H,5-8,10-11,13H2,1-2H3/t19-/m1/s1. The fourth-order valence-corrected chi connectivity index (χ4v) is 3.87. The number of carbonyl (C=O) groups excluding carboxylic acids is 1. The average Bonchev–Trinajstić information content (AvgIpc) is 3.24. The van der Waals surface area contributed by atoms with Gasteiger partial charge in [0.25, 0.3) is 0 Å². The van der Waals surface area contributed by atoms with Crippen molar-refractivity contribution in [3.63, 3.8) is 0 Å². The van der Waals surface area contributed by atoms with E-state index in [2.05, 4.69) is 29.1 Å². The number of hydrogen-bond donors (Lipinski definition) is 0. The van der Waals surface area contributed by atoms with Gasteiger partial charge in [0.15, 0.2) is 11.5 Å². The summed E-state index contributed by atoms with van der Waals surface area (Å²) in [5, 5.41) is 4.09. The van der Waals surface area contributed by atoms with Crippen LogP contribution >= 0.6 is 0 Å². The topological polar surface area (TPSA) is 69.5 Å². The highest BCUT2D eigenvalue weighted by Gasteiger charge is 2.35. The maximum atomic E-state index is 12.4. The molecule has 7 nitrogen and oxygen atoms in total. The summed E-state index contributed by atoms with van der Waals surface area (Å²) in [6, 6.07) is 6.13. The van der Waals surface area contributed by atoms with Crippen molar-refractivity contribution < 1.29 is 14.3 Å². The molecule has 1 fully saturated rings. The van der Waals surface area contributed by atoms with Gasteiger partial charge in [0.2, 0.25) is 12.7 Å². The first-order valence-electron chi connectivity index (χ1n) is 9.02. The molecule has 2 aliphatic rings. The van der Waals surface area contributed by atoms with E-state index < -0.39 is 0 Å². The van der Waals surface area contributed by atoms with Crippen LogP contribution in [0.5, 0.6) is 11.5 Å². The van der Waals surface area contributed by atoms with Gasteiger partial charge in [-0.1, -0.05) is 13.0 Å². The van der Waals surface area contributed by atoms with Crippen LogP contribution in [-0.4, -0.2) is 45.5 Å². The Kier molecular flexibility index (Phi) is 4.30. The first-order chi connectivity index (χ1) is 12.5. The second-order valence-corrected chi connectivity index (χ2v) is 7.54. The highest BCUT2D eigenvalue weighted by atomic mass is 16.7. The van der Waals surface area contributed by atoms with Gasteiger partial charge < -0.3 is 14.4 Å². The van der Waals surface area contributed by atoms with E-state index >= 15 is 0 Å². The van der Waals surface area contributed by atoms with E-state index in [-0.39, 0.29) is 11.3 Å². The van der Waals surface area contributed by atoms with Gasteiger partial charge in [-0.25, -0.2) is 4.98 Å². The van der Waals surface area contributed by atoms with Crippen LogP contribution in [0.25, 0.3) is 0 Å². The molecular weight excluding hydrogens is 332 g/mol. The zero-order valence-corrected chi connectivity index (χ0v) is 15.3. The molecule has 138 valence electrons. The molecule has 1 saturated heterocycles. The van der Waals surface area contributed by atoms with Crippen LogP contribution in [0.3, 0.4) is 0 Å². The summed E-state index contributed by atoms with van der Waals surface area (Å²) in [6.45, 7) is 4.00. The summed E-state index contributed by atoms with van der Waals surface area (Å²) in [6.07, 6.45) is 4.69. The maximum Gasteiger partial charge on any atom is 0.231 e. The average molecular weight is 356 g/mol. The van der Waals surface area contributed by atoms with Gasteiger partial charge in [0, 0.05) is 33.0 Å². The lowest BCUT2D eigenvalue weighted by Crippen LogP contribution is -2.47. The van der Waals surface area contributed by atoms with E-state index in [1.165, 1.54) is 5.56 Å². The Morgan fingerprint density at radius 1 is 1.27 bits per heavy atom. The molecular formula is C19H24N4O3. The Bertz CT molecular complexity index is 819. The van der Waals surface area contributed by atoms with Crippen LogP contribution in [0.4, 0.5) is 0 Å². The van der Waals surface area contributed by atoms with Gasteiger partial charge in [0.05, 0.1) is 0 Å². The smallest absolute Gasteiger partial charge is 0.231 e. The van der Waals surface area contributed by atoms with E-state index in [0.717, 1.165) is 43.1 Å². The number of hydrogen-bond acceptors (Lipinski definition) is 5. The lowest BCUT2D eigenvalue weighted by atomic mass is 9.76. The fraction of sp³-hybridized carbons (Fsp3) is 0.526. The predicted molar refractivity (Wildman–Crippen MR) is 94.9 cm³/mol. The van der Waals surface area contributed by atoms with Crippen LogP contribution in [-0.2, 0) is 24.7 Å². The molecule has 2 aliphatic heterocycles. The van der Waals surface area contributed by atoms with Crippen molar-refractivity contribution in [3.05, 3.63) is 35.9 Å². The predicted octanol–water partition coefficient (Wildman–Crippen LogP) is 1.96. The van der Waals surface area contributed by atoms with Gasteiger partial charge in [-0.2, -0.15) is 5.10 Å². The van der Waals surface area contributed by atoms with Crippen molar-refractivity contribution in [3.8, 4) is 11.5 Å². The molecule has 0 aliphatic carbocycles. The Balaban J connectivity index is 1.42. The summed E-state index contributed by atoms with van der Waals surface area (Å²) in [4.78, 5) is 18.6. The van der Waals surface area contributed by atoms with Crippen molar-refractivity contribution in [1.82, 2.24) is 19.7 Å². The molecule has 4 rings (SSSR count). The van der Waals surface area contributed by atoms with Crippen LogP contribution in [0.1, 0.15) is 31.2 Å². The highest BCUT2D eigenvalue weighted by Crippen LogP contribution is 2.37. The van der Waals surface area contributed by atoms with Gasteiger partial charge in [-0.3, -0.25) is 9.48 Å². The lowest BCUT2D eigenvalue weighted by molar-refractivity contribution is -0.137. The molecule has 3 heterocycles. The second-order valence-electron chi connectivity index (χ2n) is 7.54. The minimum absolute atomic E-state index is 0.0570. The number of likely N-dealkylation sites (tertiary alicyclic amines) is 1. The van der Waals surface area contributed by atoms with E-state index in [9.17, 15) is 4.79 Å². The molecule has 1 amide bonds. The molecule has 2 aromatic rings. The third-order valence-corrected chi connectivity index (χ3v) is 5.35. The number of nitrogens with zero attached hydrogens (tertiary/aromatic N) is 4. The molecule has 7 heteroatoms. The van der Waals surface area contributed by atoms with E-state index in [4.69, 9.17) is 9.47 Å². The fourth-order valence-electron chi connectivity index (χ4n) is 3.87. The molecule has 0 spiro atoms. The first kappa shape index (κ1) is 16.9. The highest BCUT2D eigenvalue weighted by molar-refractivity contribution is 5.77. The van der Waals surface area contributed by atoms with Crippen LogP contribution in [0.2, 0.25) is 0 Å². The third kappa shape index (κ3) is 3.38. The van der Waals surface area contributed by atoms with Crippen molar-refractivity contribution >= 4 is 5.91 Å². The van der Waals surface area contributed by atoms with Crippen LogP contribution in [0, 0.1) is 5.41 Å². The number of aromatic nitrogens is 3. The van der Waals surface area contributed by atoms with E-state index in [1.807, 2.05) is 18.0 Å². The molecule has 0 saturated carbocycles. The molecule has 26 heavy (non-hydrogen) atoms. The first-order valence-corrected chi connectivity index (χ1v) is 9.02. The van der Waals surface area contributed by atoms with Crippen molar-refractivity contribution in [2.45, 2.75) is 32.6 Å². The van der Waals surface area contributed by atoms with Crippen LogP contribution in [0.15, 0.2) is 24.5 Å². The molecule has 1 aromatic carbocycles. The molecule has 0 unspecified atom stereocenters. The summed E-state index contributed by atoms with van der Waals surface area (Å²) >= 11 is 0. The summed E-state index contributed by atoms with van der Waals surface area (Å²) in [5.74, 6) is 2.76. The Morgan fingerprint density at radius 3 is 2.92 bits per heavy atom. The van der Waals surface area contributed by atoms with Gasteiger partial charge in [0.1, 0.15) is 12.2 Å². The largest absolute Gasteiger partial charge is 0.454 e. The van der Waals surface area contributed by atoms with E-state index in [0.29, 0.717) is 19.8 Å². The molecule has 0 N–H and O–H groups in total.